The topological polar surface area (TPSA) is 52.4 Å². The highest BCUT2D eigenvalue weighted by molar-refractivity contribution is 7.80. The van der Waals surface area contributed by atoms with Gasteiger partial charge in [-0.25, -0.2) is 0 Å². The normalized spacial score (nSPS) is 9.93. The number of benzene rings is 1. The number of nitro benzene ring substituents is 1. The lowest BCUT2D eigenvalue weighted by atomic mass is 10.3. The molecule has 0 radical (unpaired) electrons. The second-order valence-electron chi connectivity index (χ2n) is 3.03. The molecule has 4 nitrogen and oxygen atoms in total. The minimum atomic E-state index is -0.426. The van der Waals surface area contributed by atoms with E-state index in [1.807, 2.05) is 0 Å². The van der Waals surface area contributed by atoms with Gasteiger partial charge in [-0.2, -0.15) is 12.6 Å². The first-order valence-corrected chi connectivity index (χ1v) is 5.35. The fourth-order valence-corrected chi connectivity index (χ4v) is 1.29. The second-order valence-corrected chi connectivity index (χ2v) is 3.48. The van der Waals surface area contributed by atoms with Gasteiger partial charge in [0.1, 0.15) is 5.75 Å². The average Bonchev–Trinajstić information content (AvgIpc) is 2.25. The summed E-state index contributed by atoms with van der Waals surface area (Å²) in [5.74, 6) is 1.52. The molecule has 0 amide bonds. The summed E-state index contributed by atoms with van der Waals surface area (Å²) in [6, 6.07) is 6.10. The van der Waals surface area contributed by atoms with Crippen LogP contribution in [0.25, 0.3) is 0 Å². The fourth-order valence-electron chi connectivity index (χ4n) is 1.07. The number of non-ortho nitro benzene ring substituents is 1. The Kier molecular flexibility index (Phi) is 4.97. The van der Waals surface area contributed by atoms with Crippen LogP contribution in [0.3, 0.4) is 0 Å². The van der Waals surface area contributed by atoms with Crippen molar-refractivity contribution >= 4 is 18.3 Å². The predicted octanol–water partition coefficient (Wildman–Crippen LogP) is 2.68. The SMILES string of the molecule is O=[N+]([O-])c1ccc(OCCCCS)cc1. The van der Waals surface area contributed by atoms with E-state index in [-0.39, 0.29) is 5.69 Å². The van der Waals surface area contributed by atoms with Gasteiger partial charge in [0.25, 0.3) is 5.69 Å². The molecule has 0 atom stereocenters. The van der Waals surface area contributed by atoms with Crippen LogP contribution in [0.15, 0.2) is 24.3 Å². The van der Waals surface area contributed by atoms with Crippen molar-refractivity contribution in [3.63, 3.8) is 0 Å². The van der Waals surface area contributed by atoms with Gasteiger partial charge in [0.15, 0.2) is 0 Å². The van der Waals surface area contributed by atoms with Crippen LogP contribution in [0.4, 0.5) is 5.69 Å². The summed E-state index contributed by atoms with van der Waals surface area (Å²) in [5, 5.41) is 10.4. The summed E-state index contributed by atoms with van der Waals surface area (Å²) in [6.45, 7) is 0.623. The molecule has 1 aromatic rings. The van der Waals surface area contributed by atoms with Gasteiger partial charge in [-0.1, -0.05) is 0 Å². The Hall–Kier alpha value is -1.23. The minimum Gasteiger partial charge on any atom is -0.494 e. The van der Waals surface area contributed by atoms with Crippen molar-refractivity contribution in [2.24, 2.45) is 0 Å². The highest BCUT2D eigenvalue weighted by Crippen LogP contribution is 2.17. The third-order valence-electron chi connectivity index (χ3n) is 1.87. The molecule has 82 valence electrons. The molecule has 0 aliphatic heterocycles. The molecule has 15 heavy (non-hydrogen) atoms. The Bertz CT molecular complexity index is 313. The zero-order valence-electron chi connectivity index (χ0n) is 8.26. The van der Waals surface area contributed by atoms with Crippen LogP contribution in [0.1, 0.15) is 12.8 Å². The first-order chi connectivity index (χ1) is 7.24. The molecule has 0 aromatic heterocycles. The van der Waals surface area contributed by atoms with Crippen molar-refractivity contribution in [1.29, 1.82) is 0 Å². The van der Waals surface area contributed by atoms with Crippen LogP contribution < -0.4 is 4.74 Å². The third-order valence-corrected chi connectivity index (χ3v) is 2.18. The van der Waals surface area contributed by atoms with Gasteiger partial charge in [0, 0.05) is 12.1 Å². The Labute approximate surface area is 93.8 Å². The molecular formula is C10H13NO3S. The van der Waals surface area contributed by atoms with Gasteiger partial charge in [0.05, 0.1) is 11.5 Å². The monoisotopic (exact) mass is 227 g/mol. The van der Waals surface area contributed by atoms with Crippen molar-refractivity contribution in [2.45, 2.75) is 12.8 Å². The van der Waals surface area contributed by atoms with Crippen molar-refractivity contribution in [1.82, 2.24) is 0 Å². The molecule has 0 bridgehead atoms. The summed E-state index contributed by atoms with van der Waals surface area (Å²) in [7, 11) is 0. The Morgan fingerprint density at radius 3 is 2.47 bits per heavy atom. The maximum absolute atomic E-state index is 10.4. The number of rotatable bonds is 6. The molecule has 0 saturated heterocycles. The van der Waals surface area contributed by atoms with Crippen molar-refractivity contribution in [3.05, 3.63) is 34.4 Å². The fraction of sp³-hybridized carbons (Fsp3) is 0.400. The molecule has 0 aliphatic rings. The first-order valence-electron chi connectivity index (χ1n) is 4.72. The van der Waals surface area contributed by atoms with Crippen LogP contribution >= 0.6 is 12.6 Å². The number of hydrogen-bond acceptors (Lipinski definition) is 4. The summed E-state index contributed by atoms with van der Waals surface area (Å²) in [6.07, 6.45) is 1.95. The molecule has 0 heterocycles. The average molecular weight is 227 g/mol. The summed E-state index contributed by atoms with van der Waals surface area (Å²) < 4.78 is 5.39. The van der Waals surface area contributed by atoms with Gasteiger partial charge in [0.2, 0.25) is 0 Å². The Morgan fingerprint density at radius 2 is 1.93 bits per heavy atom. The van der Waals surface area contributed by atoms with Crippen LogP contribution in [0, 0.1) is 10.1 Å². The maximum Gasteiger partial charge on any atom is 0.269 e. The van der Waals surface area contributed by atoms with E-state index in [1.165, 1.54) is 12.1 Å². The standard InChI is InChI=1S/C10H13NO3S/c12-11(13)9-3-5-10(6-4-9)14-7-1-2-8-15/h3-6,15H,1-2,7-8H2. The minimum absolute atomic E-state index is 0.0812. The molecule has 0 spiro atoms. The number of hydrogen-bond donors (Lipinski definition) is 1. The largest absolute Gasteiger partial charge is 0.494 e. The third kappa shape index (κ3) is 4.20. The highest BCUT2D eigenvalue weighted by Gasteiger charge is 2.03. The second kappa shape index (κ2) is 6.29. The van der Waals surface area contributed by atoms with E-state index >= 15 is 0 Å². The van der Waals surface area contributed by atoms with Gasteiger partial charge >= 0.3 is 0 Å². The van der Waals surface area contributed by atoms with Gasteiger partial charge in [-0.3, -0.25) is 10.1 Å². The van der Waals surface area contributed by atoms with E-state index in [2.05, 4.69) is 12.6 Å². The molecule has 1 aromatic carbocycles. The number of thiol groups is 1. The first kappa shape index (κ1) is 11.8. The Balaban J connectivity index is 2.39. The summed E-state index contributed by atoms with van der Waals surface area (Å²) >= 11 is 4.09. The zero-order chi connectivity index (χ0) is 11.1. The summed E-state index contributed by atoms with van der Waals surface area (Å²) in [4.78, 5) is 9.94. The molecule has 0 fully saturated rings. The van der Waals surface area contributed by atoms with E-state index in [4.69, 9.17) is 4.74 Å². The smallest absolute Gasteiger partial charge is 0.269 e. The van der Waals surface area contributed by atoms with E-state index in [1.54, 1.807) is 12.1 Å². The molecular weight excluding hydrogens is 214 g/mol. The molecule has 0 N–H and O–H groups in total. The summed E-state index contributed by atoms with van der Waals surface area (Å²) in [5.41, 5.74) is 0.0812. The number of nitrogens with zero attached hydrogens (tertiary/aromatic N) is 1. The van der Waals surface area contributed by atoms with Crippen molar-refractivity contribution in [2.75, 3.05) is 12.4 Å². The number of ether oxygens (including phenoxy) is 1. The number of unbranched alkanes of at least 4 members (excludes halogenated alkanes) is 1. The lowest BCUT2D eigenvalue weighted by Crippen LogP contribution is -1.97. The van der Waals surface area contributed by atoms with E-state index in [0.29, 0.717) is 12.4 Å². The van der Waals surface area contributed by atoms with Crippen molar-refractivity contribution in [3.8, 4) is 5.75 Å². The molecule has 1 rings (SSSR count). The Morgan fingerprint density at radius 1 is 1.27 bits per heavy atom. The maximum atomic E-state index is 10.4. The lowest BCUT2D eigenvalue weighted by molar-refractivity contribution is -0.384. The van der Waals surface area contributed by atoms with Crippen LogP contribution in [-0.2, 0) is 0 Å². The zero-order valence-corrected chi connectivity index (χ0v) is 9.15. The molecule has 0 unspecified atom stereocenters. The van der Waals surface area contributed by atoms with Gasteiger partial charge in [-0.15, -0.1) is 0 Å². The van der Waals surface area contributed by atoms with Crippen molar-refractivity contribution < 1.29 is 9.66 Å². The van der Waals surface area contributed by atoms with E-state index in [9.17, 15) is 10.1 Å². The van der Waals surface area contributed by atoms with Gasteiger partial charge in [-0.05, 0) is 30.7 Å². The van der Waals surface area contributed by atoms with E-state index in [0.717, 1.165) is 18.6 Å². The molecule has 0 aliphatic carbocycles. The van der Waals surface area contributed by atoms with E-state index < -0.39 is 4.92 Å². The van der Waals surface area contributed by atoms with Crippen LogP contribution in [0.5, 0.6) is 5.75 Å². The highest BCUT2D eigenvalue weighted by atomic mass is 32.1. The van der Waals surface area contributed by atoms with Crippen LogP contribution in [-0.4, -0.2) is 17.3 Å². The lowest BCUT2D eigenvalue weighted by Gasteiger charge is -2.04. The molecule has 0 saturated carbocycles. The quantitative estimate of drug-likeness (QED) is 0.352. The number of nitro groups is 1. The molecule has 5 heteroatoms. The van der Waals surface area contributed by atoms with Gasteiger partial charge < -0.3 is 4.74 Å². The van der Waals surface area contributed by atoms with Crippen LogP contribution in [0.2, 0.25) is 0 Å². The predicted molar refractivity (Wildman–Crippen MR) is 61.7 cm³/mol.